The van der Waals surface area contributed by atoms with E-state index in [4.69, 9.17) is 14.6 Å². The lowest BCUT2D eigenvalue weighted by Crippen LogP contribution is -2.08. The first-order valence-corrected chi connectivity index (χ1v) is 5.22. The van der Waals surface area contributed by atoms with Crippen molar-refractivity contribution >= 4 is 0 Å². The van der Waals surface area contributed by atoms with Crippen LogP contribution in [0.25, 0.3) is 0 Å². The highest BCUT2D eigenvalue weighted by Crippen LogP contribution is 2.29. The molecule has 0 bridgehead atoms. The normalized spacial score (nSPS) is 12.4. The van der Waals surface area contributed by atoms with E-state index in [9.17, 15) is 5.11 Å². The Bertz CT molecular complexity index is 325. The number of aliphatic hydroxyl groups excluding tert-OH is 1. The minimum Gasteiger partial charge on any atom is -0.508 e. The fourth-order valence-corrected chi connectivity index (χ4v) is 1.43. The van der Waals surface area contributed by atoms with E-state index < -0.39 is 0 Å². The van der Waals surface area contributed by atoms with Gasteiger partial charge in [0.05, 0.1) is 0 Å². The Kier molecular flexibility index (Phi) is 5.08. The lowest BCUT2D eigenvalue weighted by molar-refractivity contribution is 0.0500. The van der Waals surface area contributed by atoms with Gasteiger partial charge in [0.2, 0.25) is 0 Å². The number of ether oxygens (including phenoxy) is 2. The van der Waals surface area contributed by atoms with Crippen molar-refractivity contribution in [3.8, 4) is 11.5 Å². The van der Waals surface area contributed by atoms with E-state index in [1.54, 1.807) is 25.3 Å². The lowest BCUT2D eigenvalue weighted by Gasteiger charge is -2.14. The SMILES string of the molecule is COCOc1cccc(O)c1CC(C)CO. The number of hydrogen-bond donors (Lipinski definition) is 2. The second-order valence-electron chi connectivity index (χ2n) is 3.80. The summed E-state index contributed by atoms with van der Waals surface area (Å²) in [6.45, 7) is 2.13. The number of methoxy groups -OCH3 is 1. The molecule has 90 valence electrons. The molecular formula is C12H18O4. The third-order valence-electron chi connectivity index (χ3n) is 2.30. The summed E-state index contributed by atoms with van der Waals surface area (Å²) in [5.41, 5.74) is 0.709. The van der Waals surface area contributed by atoms with E-state index >= 15 is 0 Å². The maximum atomic E-state index is 9.73. The Morgan fingerprint density at radius 2 is 2.12 bits per heavy atom. The molecule has 0 heterocycles. The molecular weight excluding hydrogens is 208 g/mol. The maximum absolute atomic E-state index is 9.73. The van der Waals surface area contributed by atoms with E-state index in [1.165, 1.54) is 0 Å². The highest BCUT2D eigenvalue weighted by Gasteiger charge is 2.12. The quantitative estimate of drug-likeness (QED) is 0.722. The molecule has 1 unspecified atom stereocenters. The third-order valence-corrected chi connectivity index (χ3v) is 2.30. The fraction of sp³-hybridized carbons (Fsp3) is 0.500. The molecule has 0 amide bonds. The van der Waals surface area contributed by atoms with Gasteiger partial charge in [-0.1, -0.05) is 13.0 Å². The Labute approximate surface area is 95.4 Å². The predicted octanol–water partition coefficient (Wildman–Crippen LogP) is 1.55. The van der Waals surface area contributed by atoms with Crippen LogP contribution in [0, 0.1) is 5.92 Å². The lowest BCUT2D eigenvalue weighted by atomic mass is 10.0. The molecule has 16 heavy (non-hydrogen) atoms. The first-order chi connectivity index (χ1) is 7.69. The Balaban J connectivity index is 2.85. The summed E-state index contributed by atoms with van der Waals surface area (Å²) >= 11 is 0. The summed E-state index contributed by atoms with van der Waals surface area (Å²) in [4.78, 5) is 0. The summed E-state index contributed by atoms with van der Waals surface area (Å²) in [6, 6.07) is 5.10. The zero-order valence-corrected chi connectivity index (χ0v) is 9.64. The number of rotatable bonds is 6. The monoisotopic (exact) mass is 226 g/mol. The van der Waals surface area contributed by atoms with Crippen LogP contribution >= 0.6 is 0 Å². The average molecular weight is 226 g/mol. The molecule has 1 rings (SSSR count). The summed E-state index contributed by atoms with van der Waals surface area (Å²) in [5, 5.41) is 18.7. The number of hydrogen-bond acceptors (Lipinski definition) is 4. The van der Waals surface area contributed by atoms with Crippen molar-refractivity contribution in [2.45, 2.75) is 13.3 Å². The number of aliphatic hydroxyl groups is 1. The number of aromatic hydroxyl groups is 1. The van der Waals surface area contributed by atoms with Crippen LogP contribution in [0.15, 0.2) is 18.2 Å². The molecule has 1 aromatic carbocycles. The fourth-order valence-electron chi connectivity index (χ4n) is 1.43. The molecule has 0 aliphatic carbocycles. The van der Waals surface area contributed by atoms with Crippen molar-refractivity contribution < 1.29 is 19.7 Å². The van der Waals surface area contributed by atoms with Gasteiger partial charge in [-0.2, -0.15) is 0 Å². The molecule has 0 aliphatic heterocycles. The number of phenolic OH excluding ortho intramolecular Hbond substituents is 1. The Hall–Kier alpha value is -1.26. The Morgan fingerprint density at radius 1 is 1.38 bits per heavy atom. The van der Waals surface area contributed by atoms with Crippen LogP contribution in [0.3, 0.4) is 0 Å². The summed E-state index contributed by atoms with van der Waals surface area (Å²) in [5.74, 6) is 0.870. The van der Waals surface area contributed by atoms with Crippen molar-refractivity contribution in [1.82, 2.24) is 0 Å². The summed E-state index contributed by atoms with van der Waals surface area (Å²) in [7, 11) is 1.54. The number of benzene rings is 1. The molecule has 0 spiro atoms. The second kappa shape index (κ2) is 6.35. The zero-order valence-electron chi connectivity index (χ0n) is 9.64. The van der Waals surface area contributed by atoms with Gasteiger partial charge < -0.3 is 19.7 Å². The minimum atomic E-state index is 0.0814. The molecule has 4 nitrogen and oxygen atoms in total. The van der Waals surface area contributed by atoms with E-state index in [1.807, 2.05) is 6.92 Å². The first-order valence-electron chi connectivity index (χ1n) is 5.22. The molecule has 2 N–H and O–H groups in total. The van der Waals surface area contributed by atoms with Gasteiger partial charge in [0.15, 0.2) is 6.79 Å². The van der Waals surface area contributed by atoms with E-state index in [2.05, 4.69) is 0 Å². The van der Waals surface area contributed by atoms with Crippen molar-refractivity contribution in [2.75, 3.05) is 20.5 Å². The van der Waals surface area contributed by atoms with Gasteiger partial charge in [0.1, 0.15) is 11.5 Å². The smallest absolute Gasteiger partial charge is 0.188 e. The topological polar surface area (TPSA) is 58.9 Å². The van der Waals surface area contributed by atoms with Crippen molar-refractivity contribution in [1.29, 1.82) is 0 Å². The van der Waals surface area contributed by atoms with E-state index in [0.29, 0.717) is 17.7 Å². The van der Waals surface area contributed by atoms with Crippen LogP contribution in [0.5, 0.6) is 11.5 Å². The van der Waals surface area contributed by atoms with Gasteiger partial charge in [0.25, 0.3) is 0 Å². The highest BCUT2D eigenvalue weighted by atomic mass is 16.7. The van der Waals surface area contributed by atoms with Gasteiger partial charge in [-0.3, -0.25) is 0 Å². The highest BCUT2D eigenvalue weighted by molar-refractivity contribution is 5.44. The molecule has 4 heteroatoms. The number of phenols is 1. The van der Waals surface area contributed by atoms with Gasteiger partial charge >= 0.3 is 0 Å². The summed E-state index contributed by atoms with van der Waals surface area (Å²) in [6.07, 6.45) is 0.572. The molecule has 0 radical (unpaired) electrons. The van der Waals surface area contributed by atoms with Crippen molar-refractivity contribution in [3.05, 3.63) is 23.8 Å². The molecule has 0 saturated heterocycles. The average Bonchev–Trinajstić information content (AvgIpc) is 2.29. The van der Waals surface area contributed by atoms with E-state index in [-0.39, 0.29) is 25.1 Å². The van der Waals surface area contributed by atoms with Gasteiger partial charge in [0, 0.05) is 19.3 Å². The van der Waals surface area contributed by atoms with Crippen LogP contribution in [-0.2, 0) is 11.2 Å². The molecule has 0 saturated carbocycles. The van der Waals surface area contributed by atoms with Crippen LogP contribution in [0.1, 0.15) is 12.5 Å². The van der Waals surface area contributed by atoms with E-state index in [0.717, 1.165) is 0 Å². The standard InChI is InChI=1S/C12H18O4/c1-9(7-13)6-10-11(14)4-3-5-12(10)16-8-15-2/h3-5,9,13-14H,6-8H2,1-2H3. The molecule has 1 atom stereocenters. The van der Waals surface area contributed by atoms with Crippen LogP contribution in [-0.4, -0.2) is 30.7 Å². The Morgan fingerprint density at radius 3 is 2.75 bits per heavy atom. The minimum absolute atomic E-state index is 0.0814. The van der Waals surface area contributed by atoms with Crippen molar-refractivity contribution in [3.63, 3.8) is 0 Å². The predicted molar refractivity (Wildman–Crippen MR) is 60.6 cm³/mol. The third kappa shape index (κ3) is 3.40. The van der Waals surface area contributed by atoms with Gasteiger partial charge in [-0.25, -0.2) is 0 Å². The van der Waals surface area contributed by atoms with Gasteiger partial charge in [-0.05, 0) is 24.5 Å². The summed E-state index contributed by atoms with van der Waals surface area (Å²) < 4.78 is 10.2. The van der Waals surface area contributed by atoms with Crippen LogP contribution in [0.2, 0.25) is 0 Å². The molecule has 0 aliphatic rings. The molecule has 0 aromatic heterocycles. The van der Waals surface area contributed by atoms with Crippen LogP contribution in [0.4, 0.5) is 0 Å². The van der Waals surface area contributed by atoms with Crippen LogP contribution < -0.4 is 4.74 Å². The first kappa shape index (κ1) is 12.8. The molecule has 0 fully saturated rings. The zero-order chi connectivity index (χ0) is 12.0. The van der Waals surface area contributed by atoms with Gasteiger partial charge in [-0.15, -0.1) is 0 Å². The molecule has 1 aromatic rings. The van der Waals surface area contributed by atoms with Crippen molar-refractivity contribution in [2.24, 2.45) is 5.92 Å². The maximum Gasteiger partial charge on any atom is 0.188 e. The second-order valence-corrected chi connectivity index (χ2v) is 3.80. The largest absolute Gasteiger partial charge is 0.508 e.